The lowest BCUT2D eigenvalue weighted by Crippen LogP contribution is -2.07. The molecule has 1 aliphatic rings. The molecule has 0 bridgehead atoms. The zero-order chi connectivity index (χ0) is 17.3. The summed E-state index contributed by atoms with van der Waals surface area (Å²) in [5, 5.41) is 9.80. The van der Waals surface area contributed by atoms with E-state index >= 15 is 0 Å². The molecule has 0 aromatic heterocycles. The van der Waals surface area contributed by atoms with Crippen LogP contribution in [0.15, 0.2) is 36.4 Å². The van der Waals surface area contributed by atoms with E-state index in [9.17, 15) is 5.11 Å². The standard InChI is InChI=1S/C20H22O4/c1-5-6-13-9-15-12(2)19(24-20(15)18(10-13)23-4)14-7-8-16(21)17(11-14)22-3/h5-12,19,21H,1-4H3/t12-,19+/m1/s1. The Morgan fingerprint density at radius 2 is 1.83 bits per heavy atom. The third kappa shape index (κ3) is 2.68. The van der Waals surface area contributed by atoms with Crippen LogP contribution in [0.2, 0.25) is 0 Å². The van der Waals surface area contributed by atoms with E-state index in [1.54, 1.807) is 20.3 Å². The number of hydrogen-bond donors (Lipinski definition) is 1. The summed E-state index contributed by atoms with van der Waals surface area (Å²) in [6, 6.07) is 9.44. The number of phenols is 1. The monoisotopic (exact) mass is 326 g/mol. The van der Waals surface area contributed by atoms with Crippen LogP contribution in [0.4, 0.5) is 0 Å². The molecule has 0 fully saturated rings. The third-order valence-electron chi connectivity index (χ3n) is 4.41. The van der Waals surface area contributed by atoms with E-state index < -0.39 is 0 Å². The zero-order valence-corrected chi connectivity index (χ0v) is 14.4. The Morgan fingerprint density at radius 3 is 2.50 bits per heavy atom. The van der Waals surface area contributed by atoms with Gasteiger partial charge in [-0.15, -0.1) is 0 Å². The molecule has 1 aliphatic heterocycles. The lowest BCUT2D eigenvalue weighted by Gasteiger charge is -2.17. The van der Waals surface area contributed by atoms with Crippen LogP contribution in [0.1, 0.15) is 42.6 Å². The van der Waals surface area contributed by atoms with Crippen LogP contribution in [0.25, 0.3) is 6.08 Å². The maximum atomic E-state index is 9.80. The van der Waals surface area contributed by atoms with Gasteiger partial charge in [0, 0.05) is 11.5 Å². The maximum absolute atomic E-state index is 9.80. The van der Waals surface area contributed by atoms with Crippen molar-refractivity contribution in [2.75, 3.05) is 14.2 Å². The Morgan fingerprint density at radius 1 is 1.08 bits per heavy atom. The highest BCUT2D eigenvalue weighted by atomic mass is 16.5. The first-order chi connectivity index (χ1) is 11.6. The molecule has 3 rings (SSSR count). The van der Waals surface area contributed by atoms with E-state index in [-0.39, 0.29) is 17.8 Å². The summed E-state index contributed by atoms with van der Waals surface area (Å²) in [5.41, 5.74) is 3.18. The van der Waals surface area contributed by atoms with Crippen molar-refractivity contribution in [3.05, 3.63) is 53.1 Å². The second kappa shape index (κ2) is 6.48. The van der Waals surface area contributed by atoms with Gasteiger partial charge < -0.3 is 19.3 Å². The van der Waals surface area contributed by atoms with Gasteiger partial charge in [-0.25, -0.2) is 0 Å². The maximum Gasteiger partial charge on any atom is 0.165 e. The molecular formula is C20H22O4. The molecule has 0 saturated carbocycles. The van der Waals surface area contributed by atoms with E-state index in [4.69, 9.17) is 14.2 Å². The number of phenolic OH excluding ortho intramolecular Hbond substituents is 1. The van der Waals surface area contributed by atoms with Crippen molar-refractivity contribution in [2.45, 2.75) is 25.9 Å². The average molecular weight is 326 g/mol. The third-order valence-corrected chi connectivity index (χ3v) is 4.41. The van der Waals surface area contributed by atoms with Gasteiger partial charge in [0.2, 0.25) is 0 Å². The van der Waals surface area contributed by atoms with Crippen LogP contribution in [0.3, 0.4) is 0 Å². The molecule has 0 saturated heterocycles. The molecule has 2 aromatic carbocycles. The Hall–Kier alpha value is -2.62. The van der Waals surface area contributed by atoms with Gasteiger partial charge in [-0.1, -0.05) is 25.1 Å². The van der Waals surface area contributed by atoms with E-state index in [1.807, 2.05) is 37.3 Å². The molecule has 4 heteroatoms. The lowest BCUT2D eigenvalue weighted by molar-refractivity contribution is 0.207. The Kier molecular flexibility index (Phi) is 4.38. The molecular weight excluding hydrogens is 304 g/mol. The van der Waals surface area contributed by atoms with Gasteiger partial charge in [0.1, 0.15) is 6.10 Å². The first kappa shape index (κ1) is 16.2. The predicted octanol–water partition coefficient (Wildman–Crippen LogP) is 4.68. The summed E-state index contributed by atoms with van der Waals surface area (Å²) in [7, 11) is 3.19. The van der Waals surface area contributed by atoms with Gasteiger partial charge in [-0.2, -0.15) is 0 Å². The van der Waals surface area contributed by atoms with Gasteiger partial charge in [0.05, 0.1) is 14.2 Å². The van der Waals surface area contributed by atoms with Crippen molar-refractivity contribution >= 4 is 6.08 Å². The van der Waals surface area contributed by atoms with Crippen LogP contribution in [0.5, 0.6) is 23.0 Å². The molecule has 0 radical (unpaired) electrons. The quantitative estimate of drug-likeness (QED) is 0.886. The average Bonchev–Trinajstić information content (AvgIpc) is 2.92. The molecule has 0 aliphatic carbocycles. The van der Waals surface area contributed by atoms with Gasteiger partial charge in [-0.3, -0.25) is 0 Å². The topological polar surface area (TPSA) is 47.9 Å². The van der Waals surface area contributed by atoms with Crippen LogP contribution >= 0.6 is 0 Å². The van der Waals surface area contributed by atoms with Crippen molar-refractivity contribution < 1.29 is 19.3 Å². The van der Waals surface area contributed by atoms with E-state index in [1.165, 1.54) is 0 Å². The Labute approximate surface area is 142 Å². The number of fused-ring (bicyclic) bond motifs is 1. The molecule has 24 heavy (non-hydrogen) atoms. The van der Waals surface area contributed by atoms with E-state index in [2.05, 4.69) is 13.0 Å². The summed E-state index contributed by atoms with van der Waals surface area (Å²) < 4.78 is 16.9. The SMILES string of the molecule is CC=Cc1cc(OC)c2c(c1)[C@@H](C)[C@@H](c1ccc(O)c(OC)c1)O2. The number of rotatable bonds is 4. The summed E-state index contributed by atoms with van der Waals surface area (Å²) in [6.45, 7) is 4.12. The van der Waals surface area contributed by atoms with E-state index in [0.717, 1.165) is 28.2 Å². The first-order valence-electron chi connectivity index (χ1n) is 7.97. The highest BCUT2D eigenvalue weighted by Gasteiger charge is 2.35. The predicted molar refractivity (Wildman–Crippen MR) is 94.1 cm³/mol. The number of ether oxygens (including phenoxy) is 3. The summed E-state index contributed by atoms with van der Waals surface area (Å²) in [6.07, 6.45) is 3.90. The minimum atomic E-state index is -0.149. The molecule has 2 aromatic rings. The smallest absolute Gasteiger partial charge is 0.165 e. The molecule has 0 unspecified atom stereocenters. The first-order valence-corrected chi connectivity index (χ1v) is 7.97. The van der Waals surface area contributed by atoms with Crippen LogP contribution < -0.4 is 14.2 Å². The van der Waals surface area contributed by atoms with Gasteiger partial charge in [-0.05, 0) is 42.3 Å². The van der Waals surface area contributed by atoms with Gasteiger partial charge in [0.15, 0.2) is 23.0 Å². The van der Waals surface area contributed by atoms with Gasteiger partial charge >= 0.3 is 0 Å². The Balaban J connectivity index is 2.03. The largest absolute Gasteiger partial charge is 0.504 e. The molecule has 4 nitrogen and oxygen atoms in total. The molecule has 126 valence electrons. The van der Waals surface area contributed by atoms with Crippen LogP contribution in [-0.2, 0) is 0 Å². The molecule has 2 atom stereocenters. The zero-order valence-electron chi connectivity index (χ0n) is 14.4. The highest BCUT2D eigenvalue weighted by Crippen LogP contribution is 2.51. The summed E-state index contributed by atoms with van der Waals surface area (Å²) in [4.78, 5) is 0. The van der Waals surface area contributed by atoms with Crippen molar-refractivity contribution in [1.29, 1.82) is 0 Å². The van der Waals surface area contributed by atoms with Crippen LogP contribution in [0, 0.1) is 0 Å². The van der Waals surface area contributed by atoms with Crippen LogP contribution in [-0.4, -0.2) is 19.3 Å². The minimum Gasteiger partial charge on any atom is -0.504 e. The Bertz CT molecular complexity index is 779. The summed E-state index contributed by atoms with van der Waals surface area (Å²) in [5.74, 6) is 2.25. The van der Waals surface area contributed by atoms with Crippen molar-refractivity contribution in [3.8, 4) is 23.0 Å². The fourth-order valence-electron chi connectivity index (χ4n) is 3.17. The van der Waals surface area contributed by atoms with Crippen molar-refractivity contribution in [1.82, 2.24) is 0 Å². The normalized spacial score (nSPS) is 19.2. The lowest BCUT2D eigenvalue weighted by atomic mass is 9.91. The molecule has 1 heterocycles. The second-order valence-electron chi connectivity index (χ2n) is 5.90. The van der Waals surface area contributed by atoms with E-state index in [0.29, 0.717) is 5.75 Å². The number of methoxy groups -OCH3 is 2. The van der Waals surface area contributed by atoms with Gasteiger partial charge in [0.25, 0.3) is 0 Å². The highest BCUT2D eigenvalue weighted by molar-refractivity contribution is 5.62. The number of hydrogen-bond acceptors (Lipinski definition) is 4. The summed E-state index contributed by atoms with van der Waals surface area (Å²) >= 11 is 0. The number of aromatic hydroxyl groups is 1. The molecule has 1 N–H and O–H groups in total. The second-order valence-corrected chi connectivity index (χ2v) is 5.90. The minimum absolute atomic E-state index is 0.123. The molecule has 0 spiro atoms. The number of benzene rings is 2. The molecule has 0 amide bonds. The van der Waals surface area contributed by atoms with Crippen molar-refractivity contribution in [2.24, 2.45) is 0 Å². The fraction of sp³-hybridized carbons (Fsp3) is 0.300. The number of allylic oxidation sites excluding steroid dienone is 1. The fourth-order valence-corrected chi connectivity index (χ4v) is 3.17. The van der Waals surface area contributed by atoms with Crippen molar-refractivity contribution in [3.63, 3.8) is 0 Å².